The van der Waals surface area contributed by atoms with E-state index in [1.54, 1.807) is 0 Å². The minimum atomic E-state index is 0.388. The second kappa shape index (κ2) is 6.88. The maximum Gasteiger partial charge on any atom is 0.0258 e. The van der Waals surface area contributed by atoms with Crippen molar-refractivity contribution in [2.45, 2.75) is 25.8 Å². The van der Waals surface area contributed by atoms with E-state index in [0.29, 0.717) is 6.04 Å². The molecule has 0 bridgehead atoms. The molecule has 1 rings (SSSR count). The number of aryl methyl sites for hydroxylation is 1. The van der Waals surface area contributed by atoms with Crippen LogP contribution in [-0.4, -0.2) is 18.1 Å². The molecule has 1 unspecified atom stereocenters. The third kappa shape index (κ3) is 4.24. The van der Waals surface area contributed by atoms with Crippen molar-refractivity contribution in [3.63, 3.8) is 0 Å². The fraction of sp³-hybridized carbons (Fsp3) is 0.500. The smallest absolute Gasteiger partial charge is 0.0258 e. The van der Waals surface area contributed by atoms with E-state index in [1.165, 1.54) is 11.1 Å². The first kappa shape index (κ1) is 12.6. The van der Waals surface area contributed by atoms with Crippen LogP contribution in [-0.2, 0) is 6.42 Å². The SMILES string of the molecule is CSCCC(Cc1ccccc1C)NN. The average Bonchev–Trinajstić information content (AvgIpc) is 2.26. The van der Waals surface area contributed by atoms with Crippen molar-refractivity contribution in [2.75, 3.05) is 12.0 Å². The first-order valence-corrected chi connectivity index (χ1v) is 6.67. The predicted molar refractivity (Wildman–Crippen MR) is 69.0 cm³/mol. The van der Waals surface area contributed by atoms with Crippen molar-refractivity contribution in [1.82, 2.24) is 5.43 Å². The third-order valence-electron chi connectivity index (χ3n) is 2.63. The Morgan fingerprint density at radius 2 is 2.13 bits per heavy atom. The molecule has 2 nitrogen and oxygen atoms in total. The summed E-state index contributed by atoms with van der Waals surface area (Å²) in [5, 5.41) is 0. The molecule has 0 radical (unpaired) electrons. The second-order valence-corrected chi connectivity index (χ2v) is 4.76. The molecule has 1 aromatic rings. The number of rotatable bonds is 6. The maximum absolute atomic E-state index is 5.55. The van der Waals surface area contributed by atoms with E-state index in [9.17, 15) is 0 Å². The summed E-state index contributed by atoms with van der Waals surface area (Å²) in [6, 6.07) is 8.88. The molecular weight excluding hydrogens is 204 g/mol. The Kier molecular flexibility index (Phi) is 5.76. The van der Waals surface area contributed by atoms with Gasteiger partial charge in [0.2, 0.25) is 0 Å². The molecule has 15 heavy (non-hydrogen) atoms. The number of hydrogen-bond donors (Lipinski definition) is 2. The normalized spacial score (nSPS) is 12.7. The van der Waals surface area contributed by atoms with E-state index in [0.717, 1.165) is 18.6 Å². The highest BCUT2D eigenvalue weighted by Crippen LogP contribution is 2.12. The number of benzene rings is 1. The van der Waals surface area contributed by atoms with Crippen LogP contribution in [0.1, 0.15) is 17.5 Å². The zero-order valence-corrected chi connectivity index (χ0v) is 10.3. The molecule has 0 spiro atoms. The number of nitrogens with two attached hydrogens (primary N) is 1. The molecule has 3 heteroatoms. The summed E-state index contributed by atoms with van der Waals surface area (Å²) in [5.74, 6) is 6.71. The van der Waals surface area contributed by atoms with Crippen molar-refractivity contribution >= 4 is 11.8 Å². The van der Waals surface area contributed by atoms with Crippen LogP contribution in [0.2, 0.25) is 0 Å². The first-order valence-electron chi connectivity index (χ1n) is 5.27. The Morgan fingerprint density at radius 3 is 2.73 bits per heavy atom. The van der Waals surface area contributed by atoms with Gasteiger partial charge < -0.3 is 0 Å². The van der Waals surface area contributed by atoms with Crippen LogP contribution < -0.4 is 11.3 Å². The largest absolute Gasteiger partial charge is 0.271 e. The molecule has 0 saturated heterocycles. The van der Waals surface area contributed by atoms with Crippen LogP contribution in [0.25, 0.3) is 0 Å². The zero-order valence-electron chi connectivity index (χ0n) is 9.49. The van der Waals surface area contributed by atoms with Gasteiger partial charge in [-0.25, -0.2) is 0 Å². The highest BCUT2D eigenvalue weighted by molar-refractivity contribution is 7.98. The van der Waals surface area contributed by atoms with E-state index in [-0.39, 0.29) is 0 Å². The van der Waals surface area contributed by atoms with Gasteiger partial charge in [0.15, 0.2) is 0 Å². The standard InChI is InChI=1S/C12H20N2S/c1-10-5-3-4-6-11(10)9-12(14-13)7-8-15-2/h3-6,12,14H,7-9,13H2,1-2H3. The lowest BCUT2D eigenvalue weighted by Gasteiger charge is -2.16. The van der Waals surface area contributed by atoms with Crippen molar-refractivity contribution in [3.05, 3.63) is 35.4 Å². The summed E-state index contributed by atoms with van der Waals surface area (Å²) in [4.78, 5) is 0. The molecule has 84 valence electrons. The molecule has 1 atom stereocenters. The topological polar surface area (TPSA) is 38.0 Å². The zero-order chi connectivity index (χ0) is 11.1. The molecule has 0 saturated carbocycles. The van der Waals surface area contributed by atoms with Crippen molar-refractivity contribution < 1.29 is 0 Å². The molecule has 3 N–H and O–H groups in total. The van der Waals surface area contributed by atoms with Gasteiger partial charge in [0.1, 0.15) is 0 Å². The molecule has 0 heterocycles. The number of thioether (sulfide) groups is 1. The molecule has 0 aromatic heterocycles. The minimum Gasteiger partial charge on any atom is -0.271 e. The first-order chi connectivity index (χ1) is 7.27. The van der Waals surface area contributed by atoms with Crippen LogP contribution in [0.5, 0.6) is 0 Å². The fourth-order valence-corrected chi connectivity index (χ4v) is 2.13. The fourth-order valence-electron chi connectivity index (χ4n) is 1.61. The lowest BCUT2D eigenvalue weighted by molar-refractivity contribution is 0.513. The van der Waals surface area contributed by atoms with Crippen molar-refractivity contribution in [3.8, 4) is 0 Å². The van der Waals surface area contributed by atoms with Gasteiger partial charge in [0.25, 0.3) is 0 Å². The molecule has 0 aliphatic rings. The van der Waals surface area contributed by atoms with E-state index >= 15 is 0 Å². The average molecular weight is 224 g/mol. The van der Waals surface area contributed by atoms with Crippen LogP contribution in [0.4, 0.5) is 0 Å². The van der Waals surface area contributed by atoms with Crippen molar-refractivity contribution in [1.29, 1.82) is 0 Å². The number of hydrazine groups is 1. The molecular formula is C12H20N2S. The molecule has 0 amide bonds. The third-order valence-corrected chi connectivity index (χ3v) is 3.28. The van der Waals surface area contributed by atoms with E-state index in [4.69, 9.17) is 5.84 Å². The van der Waals surface area contributed by atoms with Gasteiger partial charge in [-0.1, -0.05) is 24.3 Å². The highest BCUT2D eigenvalue weighted by Gasteiger charge is 2.08. The van der Waals surface area contributed by atoms with E-state index in [2.05, 4.69) is 42.9 Å². The van der Waals surface area contributed by atoms with Crippen molar-refractivity contribution in [2.24, 2.45) is 5.84 Å². The van der Waals surface area contributed by atoms with Crippen LogP contribution in [0, 0.1) is 6.92 Å². The van der Waals surface area contributed by atoms with Crippen LogP contribution in [0.15, 0.2) is 24.3 Å². The minimum absolute atomic E-state index is 0.388. The van der Waals surface area contributed by atoms with E-state index < -0.39 is 0 Å². The Morgan fingerprint density at radius 1 is 1.40 bits per heavy atom. The van der Waals surface area contributed by atoms with E-state index in [1.807, 2.05) is 11.8 Å². The summed E-state index contributed by atoms with van der Waals surface area (Å²) in [7, 11) is 0. The second-order valence-electron chi connectivity index (χ2n) is 3.78. The van der Waals surface area contributed by atoms with Gasteiger partial charge >= 0.3 is 0 Å². The van der Waals surface area contributed by atoms with Crippen LogP contribution >= 0.6 is 11.8 Å². The van der Waals surface area contributed by atoms with Gasteiger partial charge in [-0.3, -0.25) is 11.3 Å². The summed E-state index contributed by atoms with van der Waals surface area (Å²) >= 11 is 1.86. The van der Waals surface area contributed by atoms with Gasteiger partial charge in [-0.2, -0.15) is 11.8 Å². The summed E-state index contributed by atoms with van der Waals surface area (Å²) in [6.07, 6.45) is 4.26. The van der Waals surface area contributed by atoms with Crippen LogP contribution in [0.3, 0.4) is 0 Å². The van der Waals surface area contributed by atoms with Gasteiger partial charge in [-0.15, -0.1) is 0 Å². The molecule has 1 aromatic carbocycles. The maximum atomic E-state index is 5.55. The van der Waals surface area contributed by atoms with Gasteiger partial charge in [-0.05, 0) is 42.9 Å². The Balaban J connectivity index is 2.54. The highest BCUT2D eigenvalue weighted by atomic mass is 32.2. The molecule has 0 aliphatic heterocycles. The summed E-state index contributed by atoms with van der Waals surface area (Å²) in [5.41, 5.74) is 5.64. The summed E-state index contributed by atoms with van der Waals surface area (Å²) in [6.45, 7) is 2.15. The Hall–Kier alpha value is -0.510. The van der Waals surface area contributed by atoms with Gasteiger partial charge in [0.05, 0.1) is 0 Å². The quantitative estimate of drug-likeness (QED) is 0.574. The lowest BCUT2D eigenvalue weighted by Crippen LogP contribution is -2.37. The Bertz CT molecular complexity index is 289. The lowest BCUT2D eigenvalue weighted by atomic mass is 10.0. The predicted octanol–water partition coefficient (Wildman–Crippen LogP) is 2.12. The number of hydrogen-bond acceptors (Lipinski definition) is 3. The molecule has 0 fully saturated rings. The molecule has 0 aliphatic carbocycles. The number of nitrogens with one attached hydrogen (secondary N) is 1. The Labute approximate surface area is 96.6 Å². The summed E-state index contributed by atoms with van der Waals surface area (Å²) < 4.78 is 0. The van der Waals surface area contributed by atoms with Gasteiger partial charge in [0, 0.05) is 6.04 Å². The monoisotopic (exact) mass is 224 g/mol.